The van der Waals surface area contributed by atoms with E-state index in [1.807, 2.05) is 32.0 Å². The molecule has 0 aromatic heterocycles. The van der Waals surface area contributed by atoms with Crippen LogP contribution < -0.4 is 9.62 Å². The maximum atomic E-state index is 12.4. The van der Waals surface area contributed by atoms with Crippen molar-refractivity contribution in [3.05, 3.63) is 59.2 Å². The second kappa shape index (κ2) is 6.28. The number of nitrogens with zero attached hydrogens (tertiary/aromatic N) is 1. The number of hydrogen-bond donors (Lipinski definition) is 1. The van der Waals surface area contributed by atoms with E-state index in [-0.39, 0.29) is 11.7 Å². The molecule has 0 saturated carbocycles. The summed E-state index contributed by atoms with van der Waals surface area (Å²) in [6, 6.07) is 12.7. The molecule has 0 unspecified atom stereocenters. The number of sulfonamides is 1. The Balaban J connectivity index is 1.77. The minimum absolute atomic E-state index is 0.169. The predicted octanol–water partition coefficient (Wildman–Crippen LogP) is 3.10. The zero-order valence-corrected chi connectivity index (χ0v) is 14.6. The van der Waals surface area contributed by atoms with Gasteiger partial charge < -0.3 is 5.32 Å². The van der Waals surface area contributed by atoms with Gasteiger partial charge in [-0.05, 0) is 56.2 Å². The highest BCUT2D eigenvalue weighted by molar-refractivity contribution is 7.93. The molecule has 0 spiro atoms. The number of anilines is 2. The molecule has 1 fully saturated rings. The predicted molar refractivity (Wildman–Crippen MR) is 96.1 cm³/mol. The monoisotopic (exact) mass is 344 g/mol. The molecule has 1 saturated heterocycles. The summed E-state index contributed by atoms with van der Waals surface area (Å²) in [5.74, 6) is 0.0238. The summed E-state index contributed by atoms with van der Waals surface area (Å²) in [5, 5.41) is 2.86. The Bertz CT molecular complexity index is 874. The second-order valence-electron chi connectivity index (χ2n) is 6.06. The van der Waals surface area contributed by atoms with Crippen LogP contribution in [0.2, 0.25) is 0 Å². The van der Waals surface area contributed by atoms with E-state index in [1.165, 1.54) is 4.31 Å². The number of carbonyl (C=O) groups excluding carboxylic acids is 1. The number of rotatable bonds is 3. The molecular weight excluding hydrogens is 324 g/mol. The molecule has 5 nitrogen and oxygen atoms in total. The summed E-state index contributed by atoms with van der Waals surface area (Å²) in [5.41, 5.74) is 3.86. The first-order chi connectivity index (χ1) is 11.4. The average molecular weight is 344 g/mol. The summed E-state index contributed by atoms with van der Waals surface area (Å²) in [4.78, 5) is 12.4. The van der Waals surface area contributed by atoms with Crippen LogP contribution in [-0.4, -0.2) is 26.6 Å². The van der Waals surface area contributed by atoms with Crippen molar-refractivity contribution in [2.45, 2.75) is 20.3 Å². The van der Waals surface area contributed by atoms with Crippen LogP contribution in [-0.2, 0) is 10.0 Å². The topological polar surface area (TPSA) is 66.5 Å². The summed E-state index contributed by atoms with van der Waals surface area (Å²) < 4.78 is 25.3. The molecule has 1 aliphatic heterocycles. The van der Waals surface area contributed by atoms with Crippen LogP contribution in [0.1, 0.15) is 27.9 Å². The van der Waals surface area contributed by atoms with E-state index >= 15 is 0 Å². The fourth-order valence-corrected chi connectivity index (χ4v) is 4.38. The number of benzene rings is 2. The van der Waals surface area contributed by atoms with E-state index in [0.717, 1.165) is 11.1 Å². The lowest BCUT2D eigenvalue weighted by Crippen LogP contribution is -2.25. The van der Waals surface area contributed by atoms with Crippen molar-refractivity contribution in [1.82, 2.24) is 0 Å². The molecule has 6 heteroatoms. The Morgan fingerprint density at radius 2 is 1.79 bits per heavy atom. The highest BCUT2D eigenvalue weighted by Gasteiger charge is 2.28. The lowest BCUT2D eigenvalue weighted by atomic mass is 10.1. The van der Waals surface area contributed by atoms with E-state index in [4.69, 9.17) is 0 Å². The summed E-state index contributed by atoms with van der Waals surface area (Å²) in [7, 11) is -3.18. The van der Waals surface area contributed by atoms with Gasteiger partial charge in [0.05, 0.1) is 11.4 Å². The van der Waals surface area contributed by atoms with E-state index in [0.29, 0.717) is 29.9 Å². The van der Waals surface area contributed by atoms with E-state index in [1.54, 1.807) is 24.3 Å². The van der Waals surface area contributed by atoms with Crippen molar-refractivity contribution in [3.8, 4) is 0 Å². The van der Waals surface area contributed by atoms with Crippen molar-refractivity contribution in [3.63, 3.8) is 0 Å². The van der Waals surface area contributed by atoms with Gasteiger partial charge in [-0.3, -0.25) is 9.10 Å². The Morgan fingerprint density at radius 1 is 1.08 bits per heavy atom. The molecule has 2 aromatic carbocycles. The van der Waals surface area contributed by atoms with E-state index in [9.17, 15) is 13.2 Å². The van der Waals surface area contributed by atoms with Crippen LogP contribution in [0.5, 0.6) is 0 Å². The molecule has 2 aromatic rings. The third kappa shape index (κ3) is 3.28. The van der Waals surface area contributed by atoms with Gasteiger partial charge in [-0.15, -0.1) is 0 Å². The summed E-state index contributed by atoms with van der Waals surface area (Å²) >= 11 is 0. The van der Waals surface area contributed by atoms with Gasteiger partial charge in [-0.1, -0.05) is 17.7 Å². The minimum atomic E-state index is -3.18. The fourth-order valence-electron chi connectivity index (χ4n) is 2.82. The lowest BCUT2D eigenvalue weighted by molar-refractivity contribution is 0.102. The van der Waals surface area contributed by atoms with Gasteiger partial charge >= 0.3 is 0 Å². The van der Waals surface area contributed by atoms with Gasteiger partial charge in [-0.25, -0.2) is 8.42 Å². The molecular formula is C18H20N2O3S. The molecule has 3 rings (SSSR count). The third-order valence-electron chi connectivity index (χ3n) is 4.15. The first-order valence-electron chi connectivity index (χ1n) is 7.86. The molecule has 0 atom stereocenters. The molecule has 0 aliphatic carbocycles. The molecule has 24 heavy (non-hydrogen) atoms. The van der Waals surface area contributed by atoms with Gasteiger partial charge in [0.1, 0.15) is 0 Å². The van der Waals surface area contributed by atoms with Gasteiger partial charge in [0.15, 0.2) is 0 Å². The molecule has 126 valence electrons. The van der Waals surface area contributed by atoms with Gasteiger partial charge in [0.25, 0.3) is 5.91 Å². The van der Waals surface area contributed by atoms with Crippen molar-refractivity contribution in [2.24, 2.45) is 0 Å². The number of nitrogens with one attached hydrogen (secondary N) is 1. The summed E-state index contributed by atoms with van der Waals surface area (Å²) in [6.45, 7) is 4.35. The number of amides is 1. The van der Waals surface area contributed by atoms with Crippen molar-refractivity contribution in [2.75, 3.05) is 21.9 Å². The molecule has 0 radical (unpaired) electrons. The van der Waals surface area contributed by atoms with Crippen molar-refractivity contribution >= 4 is 27.3 Å². The van der Waals surface area contributed by atoms with Crippen LogP contribution >= 0.6 is 0 Å². The van der Waals surface area contributed by atoms with Gasteiger partial charge in [-0.2, -0.15) is 0 Å². The maximum Gasteiger partial charge on any atom is 0.255 e. The molecule has 1 N–H and O–H groups in total. The number of hydrogen-bond acceptors (Lipinski definition) is 3. The first kappa shape index (κ1) is 16.5. The van der Waals surface area contributed by atoms with Crippen molar-refractivity contribution in [1.29, 1.82) is 0 Å². The maximum absolute atomic E-state index is 12.4. The molecule has 0 bridgehead atoms. The fraction of sp³-hybridized carbons (Fsp3) is 0.278. The highest BCUT2D eigenvalue weighted by atomic mass is 32.2. The average Bonchev–Trinajstić information content (AvgIpc) is 2.90. The Kier molecular flexibility index (Phi) is 4.32. The van der Waals surface area contributed by atoms with Crippen LogP contribution in [0, 0.1) is 13.8 Å². The van der Waals surface area contributed by atoms with E-state index < -0.39 is 10.0 Å². The van der Waals surface area contributed by atoms with Crippen LogP contribution in [0.25, 0.3) is 0 Å². The zero-order chi connectivity index (χ0) is 17.3. The lowest BCUT2D eigenvalue weighted by Gasteiger charge is -2.17. The molecule has 1 heterocycles. The van der Waals surface area contributed by atoms with Gasteiger partial charge in [0, 0.05) is 17.8 Å². The second-order valence-corrected chi connectivity index (χ2v) is 8.07. The van der Waals surface area contributed by atoms with Gasteiger partial charge in [0.2, 0.25) is 10.0 Å². The molecule has 1 aliphatic rings. The van der Waals surface area contributed by atoms with E-state index in [2.05, 4.69) is 5.32 Å². The highest BCUT2D eigenvalue weighted by Crippen LogP contribution is 2.25. The Hall–Kier alpha value is -2.34. The quantitative estimate of drug-likeness (QED) is 0.930. The first-order valence-corrected chi connectivity index (χ1v) is 9.47. The minimum Gasteiger partial charge on any atom is -0.322 e. The standard InChI is InChI=1S/C18H20N2O3S/c1-13-4-5-14(2)17(12-13)18(21)19-15-6-8-16(9-7-15)20-10-3-11-24(20,22)23/h4-9,12H,3,10-11H2,1-2H3,(H,19,21). The Morgan fingerprint density at radius 3 is 2.42 bits per heavy atom. The normalized spacial score (nSPS) is 16.2. The Labute approximate surface area is 142 Å². The molecule has 1 amide bonds. The number of aryl methyl sites for hydroxylation is 2. The van der Waals surface area contributed by atoms with Crippen LogP contribution in [0.4, 0.5) is 11.4 Å². The largest absolute Gasteiger partial charge is 0.322 e. The van der Waals surface area contributed by atoms with Crippen LogP contribution in [0.15, 0.2) is 42.5 Å². The number of carbonyl (C=O) groups is 1. The SMILES string of the molecule is Cc1ccc(C)c(C(=O)Nc2ccc(N3CCCS3(=O)=O)cc2)c1. The zero-order valence-electron chi connectivity index (χ0n) is 13.7. The summed E-state index contributed by atoms with van der Waals surface area (Å²) in [6.07, 6.45) is 0.646. The van der Waals surface area contributed by atoms with Crippen molar-refractivity contribution < 1.29 is 13.2 Å². The van der Waals surface area contributed by atoms with Crippen LogP contribution in [0.3, 0.4) is 0 Å². The smallest absolute Gasteiger partial charge is 0.255 e. The third-order valence-corrected chi connectivity index (χ3v) is 6.02.